The maximum atomic E-state index is 8.75. The standard InChI is InChI=1S/C8H17N5O/c1-3-12(4-2)8-10-7(9)13(11-8)5-6-14/h14H,3-6H2,1-2H3,(H2,9,10,11). The maximum absolute atomic E-state index is 8.75. The van der Waals surface area contributed by atoms with E-state index < -0.39 is 0 Å². The highest BCUT2D eigenvalue weighted by atomic mass is 16.3. The van der Waals surface area contributed by atoms with E-state index in [0.717, 1.165) is 13.1 Å². The van der Waals surface area contributed by atoms with Crippen molar-refractivity contribution in [2.45, 2.75) is 20.4 Å². The molecule has 0 amide bonds. The summed E-state index contributed by atoms with van der Waals surface area (Å²) >= 11 is 0. The molecule has 0 saturated heterocycles. The number of anilines is 2. The molecule has 1 heterocycles. The summed E-state index contributed by atoms with van der Waals surface area (Å²) in [4.78, 5) is 6.12. The molecular weight excluding hydrogens is 182 g/mol. The topological polar surface area (TPSA) is 80.2 Å². The number of aliphatic hydroxyl groups is 1. The van der Waals surface area contributed by atoms with Crippen molar-refractivity contribution >= 4 is 11.9 Å². The van der Waals surface area contributed by atoms with E-state index in [2.05, 4.69) is 10.1 Å². The molecule has 80 valence electrons. The summed E-state index contributed by atoms with van der Waals surface area (Å²) < 4.78 is 1.51. The summed E-state index contributed by atoms with van der Waals surface area (Å²) in [7, 11) is 0. The number of aromatic nitrogens is 3. The average molecular weight is 199 g/mol. The second kappa shape index (κ2) is 4.80. The van der Waals surface area contributed by atoms with Crippen LogP contribution in [0, 0.1) is 0 Å². The van der Waals surface area contributed by atoms with Crippen molar-refractivity contribution in [3.8, 4) is 0 Å². The Hall–Kier alpha value is -1.30. The van der Waals surface area contributed by atoms with E-state index in [9.17, 15) is 0 Å². The number of nitrogens with two attached hydrogens (primary N) is 1. The molecule has 0 aliphatic carbocycles. The number of nitrogens with zero attached hydrogens (tertiary/aromatic N) is 4. The van der Waals surface area contributed by atoms with Gasteiger partial charge in [-0.05, 0) is 13.8 Å². The highest BCUT2D eigenvalue weighted by Gasteiger charge is 2.10. The van der Waals surface area contributed by atoms with Gasteiger partial charge >= 0.3 is 0 Å². The zero-order valence-electron chi connectivity index (χ0n) is 8.64. The van der Waals surface area contributed by atoms with E-state index in [1.807, 2.05) is 18.7 Å². The van der Waals surface area contributed by atoms with E-state index in [1.165, 1.54) is 4.68 Å². The smallest absolute Gasteiger partial charge is 0.246 e. The van der Waals surface area contributed by atoms with Gasteiger partial charge in [0.2, 0.25) is 11.9 Å². The summed E-state index contributed by atoms with van der Waals surface area (Å²) in [5.74, 6) is 0.974. The molecular formula is C8H17N5O. The molecule has 3 N–H and O–H groups in total. The summed E-state index contributed by atoms with van der Waals surface area (Å²) in [6.07, 6.45) is 0. The largest absolute Gasteiger partial charge is 0.394 e. The van der Waals surface area contributed by atoms with Gasteiger partial charge in [-0.3, -0.25) is 0 Å². The molecule has 0 spiro atoms. The fraction of sp³-hybridized carbons (Fsp3) is 0.750. The van der Waals surface area contributed by atoms with E-state index in [4.69, 9.17) is 10.8 Å². The minimum atomic E-state index is 0.0191. The predicted molar refractivity (Wildman–Crippen MR) is 55.1 cm³/mol. The van der Waals surface area contributed by atoms with Gasteiger partial charge in [0.25, 0.3) is 0 Å². The van der Waals surface area contributed by atoms with Gasteiger partial charge in [0.15, 0.2) is 0 Å². The minimum absolute atomic E-state index is 0.0191. The van der Waals surface area contributed by atoms with Gasteiger partial charge < -0.3 is 15.7 Å². The Morgan fingerprint density at radius 2 is 2.07 bits per heavy atom. The van der Waals surface area contributed by atoms with Crippen LogP contribution in [0.2, 0.25) is 0 Å². The molecule has 0 atom stereocenters. The third-order valence-corrected chi connectivity index (χ3v) is 2.05. The number of hydrogen-bond acceptors (Lipinski definition) is 5. The van der Waals surface area contributed by atoms with Crippen molar-refractivity contribution in [3.05, 3.63) is 0 Å². The highest BCUT2D eigenvalue weighted by molar-refractivity contribution is 5.34. The zero-order valence-corrected chi connectivity index (χ0v) is 8.64. The molecule has 0 unspecified atom stereocenters. The van der Waals surface area contributed by atoms with E-state index >= 15 is 0 Å². The predicted octanol–water partition coefficient (Wildman–Crippen LogP) is -0.301. The second-order valence-corrected chi connectivity index (χ2v) is 2.89. The number of nitrogen functional groups attached to an aromatic ring is 1. The van der Waals surface area contributed by atoms with Gasteiger partial charge in [-0.2, -0.15) is 4.98 Å². The monoisotopic (exact) mass is 199 g/mol. The van der Waals surface area contributed by atoms with Crippen LogP contribution >= 0.6 is 0 Å². The first-order chi connectivity index (χ1) is 6.72. The van der Waals surface area contributed by atoms with Gasteiger partial charge in [0.05, 0.1) is 13.2 Å². The molecule has 0 bridgehead atoms. The molecule has 0 fully saturated rings. The normalized spacial score (nSPS) is 10.5. The number of aliphatic hydroxyl groups excluding tert-OH is 1. The average Bonchev–Trinajstić information content (AvgIpc) is 2.51. The van der Waals surface area contributed by atoms with Crippen LogP contribution in [-0.2, 0) is 6.54 Å². The van der Waals surface area contributed by atoms with E-state index in [-0.39, 0.29) is 6.61 Å². The Morgan fingerprint density at radius 1 is 1.43 bits per heavy atom. The third-order valence-electron chi connectivity index (χ3n) is 2.05. The van der Waals surface area contributed by atoms with Gasteiger partial charge in [-0.15, -0.1) is 5.10 Å². The van der Waals surface area contributed by atoms with Crippen molar-refractivity contribution in [1.29, 1.82) is 0 Å². The molecule has 0 aliphatic heterocycles. The van der Waals surface area contributed by atoms with Crippen molar-refractivity contribution in [2.24, 2.45) is 0 Å². The van der Waals surface area contributed by atoms with Gasteiger partial charge in [0, 0.05) is 13.1 Å². The summed E-state index contributed by atoms with van der Waals surface area (Å²) in [5.41, 5.74) is 5.63. The van der Waals surface area contributed by atoms with Crippen molar-refractivity contribution < 1.29 is 5.11 Å². The summed E-state index contributed by atoms with van der Waals surface area (Å²) in [6.45, 7) is 6.17. The minimum Gasteiger partial charge on any atom is -0.394 e. The van der Waals surface area contributed by atoms with Crippen molar-refractivity contribution in [2.75, 3.05) is 30.3 Å². The lowest BCUT2D eigenvalue weighted by Gasteiger charge is -2.15. The van der Waals surface area contributed by atoms with Crippen molar-refractivity contribution in [3.63, 3.8) is 0 Å². The SMILES string of the molecule is CCN(CC)c1nc(N)n(CCO)n1. The molecule has 0 saturated carbocycles. The maximum Gasteiger partial charge on any atom is 0.246 e. The highest BCUT2D eigenvalue weighted by Crippen LogP contribution is 2.09. The molecule has 1 rings (SSSR count). The van der Waals surface area contributed by atoms with Crippen LogP contribution in [0.3, 0.4) is 0 Å². The Morgan fingerprint density at radius 3 is 2.57 bits per heavy atom. The van der Waals surface area contributed by atoms with E-state index in [0.29, 0.717) is 18.4 Å². The molecule has 1 aromatic heterocycles. The lowest BCUT2D eigenvalue weighted by Crippen LogP contribution is -2.23. The fourth-order valence-electron chi connectivity index (χ4n) is 1.24. The molecule has 14 heavy (non-hydrogen) atoms. The fourth-order valence-corrected chi connectivity index (χ4v) is 1.24. The Labute approximate surface area is 83.3 Å². The molecule has 0 aliphatic rings. The van der Waals surface area contributed by atoms with Crippen LogP contribution in [0.15, 0.2) is 0 Å². The zero-order chi connectivity index (χ0) is 10.6. The first-order valence-corrected chi connectivity index (χ1v) is 4.79. The Balaban J connectivity index is 2.83. The van der Waals surface area contributed by atoms with Crippen LogP contribution in [0.5, 0.6) is 0 Å². The summed E-state index contributed by atoms with van der Waals surface area (Å²) in [6, 6.07) is 0. The number of rotatable bonds is 5. The first kappa shape index (κ1) is 10.8. The molecule has 1 aromatic rings. The van der Waals surface area contributed by atoms with Crippen LogP contribution in [0.1, 0.15) is 13.8 Å². The van der Waals surface area contributed by atoms with Crippen molar-refractivity contribution in [1.82, 2.24) is 14.8 Å². The van der Waals surface area contributed by atoms with Crippen LogP contribution in [0.4, 0.5) is 11.9 Å². The van der Waals surface area contributed by atoms with E-state index in [1.54, 1.807) is 0 Å². The van der Waals surface area contributed by atoms with Crippen LogP contribution < -0.4 is 10.6 Å². The first-order valence-electron chi connectivity index (χ1n) is 4.79. The van der Waals surface area contributed by atoms with Gasteiger partial charge in [-0.25, -0.2) is 4.68 Å². The van der Waals surface area contributed by atoms with Gasteiger partial charge in [0.1, 0.15) is 0 Å². The Kier molecular flexibility index (Phi) is 3.70. The second-order valence-electron chi connectivity index (χ2n) is 2.89. The molecule has 6 nitrogen and oxygen atoms in total. The quantitative estimate of drug-likeness (QED) is 0.680. The lowest BCUT2D eigenvalue weighted by molar-refractivity contribution is 0.270. The summed E-state index contributed by atoms with van der Waals surface area (Å²) in [5, 5.41) is 12.9. The third kappa shape index (κ3) is 2.14. The van der Waals surface area contributed by atoms with Crippen LogP contribution in [0.25, 0.3) is 0 Å². The van der Waals surface area contributed by atoms with Gasteiger partial charge in [-0.1, -0.05) is 0 Å². The Bertz CT molecular complexity index is 281. The molecule has 0 aromatic carbocycles. The van der Waals surface area contributed by atoms with Crippen LogP contribution in [-0.4, -0.2) is 39.6 Å². The molecule has 0 radical (unpaired) electrons. The number of hydrogen-bond donors (Lipinski definition) is 2. The lowest BCUT2D eigenvalue weighted by atomic mass is 10.5. The molecule has 6 heteroatoms.